The van der Waals surface area contributed by atoms with Crippen molar-refractivity contribution < 1.29 is 4.79 Å². The lowest BCUT2D eigenvalue weighted by Crippen LogP contribution is -2.41. The summed E-state index contributed by atoms with van der Waals surface area (Å²) in [6, 6.07) is 0. The maximum Gasteiger partial charge on any atom is 0.223 e. The molecular weight excluding hydrogens is 264 g/mol. The maximum absolute atomic E-state index is 11.6. The second kappa shape index (κ2) is 8.90. The van der Waals surface area contributed by atoms with Gasteiger partial charge in [0.15, 0.2) is 5.96 Å². The lowest BCUT2D eigenvalue weighted by atomic mass is 9.87. The summed E-state index contributed by atoms with van der Waals surface area (Å²) in [6.45, 7) is 7.39. The number of amides is 1. The molecule has 1 rings (SSSR count). The van der Waals surface area contributed by atoms with Gasteiger partial charge in [0.05, 0.1) is 0 Å². The topological polar surface area (TPSA) is 47.9 Å². The van der Waals surface area contributed by atoms with Crippen molar-refractivity contribution in [2.75, 3.05) is 40.8 Å². The molecule has 5 heteroatoms. The smallest absolute Gasteiger partial charge is 0.223 e. The van der Waals surface area contributed by atoms with E-state index in [-0.39, 0.29) is 5.91 Å². The fraction of sp³-hybridized carbons (Fsp3) is 0.875. The largest absolute Gasteiger partial charge is 0.356 e. The Labute approximate surface area is 129 Å². The number of aliphatic imine (C=N–C) groups is 1. The molecule has 0 aromatic heterocycles. The SMILES string of the molecule is CCC(CC)C1CCN(C(=NC)NCCC(=O)N(C)C)C1. The lowest BCUT2D eigenvalue weighted by Gasteiger charge is -2.24. The van der Waals surface area contributed by atoms with E-state index in [0.29, 0.717) is 13.0 Å². The third kappa shape index (κ3) is 5.21. The Bertz CT molecular complexity index is 350. The number of nitrogens with one attached hydrogen (secondary N) is 1. The summed E-state index contributed by atoms with van der Waals surface area (Å²) in [5, 5.41) is 3.32. The van der Waals surface area contributed by atoms with Gasteiger partial charge in [-0.3, -0.25) is 9.79 Å². The van der Waals surface area contributed by atoms with Crippen LogP contribution in [-0.4, -0.2) is 62.4 Å². The maximum atomic E-state index is 11.6. The van der Waals surface area contributed by atoms with Crippen LogP contribution >= 0.6 is 0 Å². The number of hydrogen-bond acceptors (Lipinski definition) is 2. The van der Waals surface area contributed by atoms with Crippen molar-refractivity contribution in [1.82, 2.24) is 15.1 Å². The Kier molecular flexibility index (Phi) is 7.54. The van der Waals surface area contributed by atoms with Crippen LogP contribution in [0.25, 0.3) is 0 Å². The third-order valence-corrected chi connectivity index (χ3v) is 4.57. The molecule has 21 heavy (non-hydrogen) atoms. The van der Waals surface area contributed by atoms with Crippen molar-refractivity contribution in [3.05, 3.63) is 0 Å². The Hall–Kier alpha value is -1.26. The summed E-state index contributed by atoms with van der Waals surface area (Å²) in [5.41, 5.74) is 0. The third-order valence-electron chi connectivity index (χ3n) is 4.57. The van der Waals surface area contributed by atoms with Crippen LogP contribution in [0.4, 0.5) is 0 Å². The summed E-state index contributed by atoms with van der Waals surface area (Å²) in [4.78, 5) is 19.9. The highest BCUT2D eigenvalue weighted by molar-refractivity contribution is 5.81. The molecule has 1 N–H and O–H groups in total. The highest BCUT2D eigenvalue weighted by Gasteiger charge is 2.29. The van der Waals surface area contributed by atoms with Gasteiger partial charge in [-0.15, -0.1) is 0 Å². The van der Waals surface area contributed by atoms with Crippen molar-refractivity contribution in [2.24, 2.45) is 16.8 Å². The van der Waals surface area contributed by atoms with E-state index in [1.54, 1.807) is 19.0 Å². The first-order chi connectivity index (χ1) is 10.0. The summed E-state index contributed by atoms with van der Waals surface area (Å²) in [5.74, 6) is 2.69. The number of carbonyl (C=O) groups excluding carboxylic acids is 1. The Morgan fingerprint density at radius 1 is 1.38 bits per heavy atom. The Morgan fingerprint density at radius 2 is 2.05 bits per heavy atom. The van der Waals surface area contributed by atoms with E-state index in [1.807, 2.05) is 7.05 Å². The number of nitrogens with zero attached hydrogens (tertiary/aromatic N) is 3. The molecule has 1 unspecified atom stereocenters. The van der Waals surface area contributed by atoms with E-state index in [0.717, 1.165) is 30.9 Å². The van der Waals surface area contributed by atoms with Crippen LogP contribution in [0.15, 0.2) is 4.99 Å². The first-order valence-corrected chi connectivity index (χ1v) is 8.19. The number of carbonyl (C=O) groups is 1. The van der Waals surface area contributed by atoms with E-state index < -0.39 is 0 Å². The molecule has 1 aliphatic heterocycles. The van der Waals surface area contributed by atoms with Gasteiger partial charge in [-0.25, -0.2) is 0 Å². The lowest BCUT2D eigenvalue weighted by molar-refractivity contribution is -0.128. The van der Waals surface area contributed by atoms with Gasteiger partial charge < -0.3 is 15.1 Å². The monoisotopic (exact) mass is 296 g/mol. The number of hydrogen-bond donors (Lipinski definition) is 1. The molecule has 1 atom stereocenters. The Morgan fingerprint density at radius 3 is 2.57 bits per heavy atom. The summed E-state index contributed by atoms with van der Waals surface area (Å²) >= 11 is 0. The van der Waals surface area contributed by atoms with Gasteiger partial charge in [0, 0.05) is 47.2 Å². The fourth-order valence-corrected chi connectivity index (χ4v) is 3.16. The molecule has 0 spiro atoms. The van der Waals surface area contributed by atoms with Crippen LogP contribution in [0.2, 0.25) is 0 Å². The highest BCUT2D eigenvalue weighted by atomic mass is 16.2. The van der Waals surface area contributed by atoms with Crippen molar-refractivity contribution in [3.8, 4) is 0 Å². The summed E-state index contributed by atoms with van der Waals surface area (Å²) in [6.07, 6.45) is 4.29. The van der Waals surface area contributed by atoms with E-state index in [1.165, 1.54) is 19.3 Å². The zero-order chi connectivity index (χ0) is 15.8. The minimum absolute atomic E-state index is 0.147. The van der Waals surface area contributed by atoms with Gasteiger partial charge in [-0.2, -0.15) is 0 Å². The molecule has 0 aromatic carbocycles. The fourth-order valence-electron chi connectivity index (χ4n) is 3.16. The average Bonchev–Trinajstić information content (AvgIpc) is 2.94. The molecule has 0 saturated carbocycles. The van der Waals surface area contributed by atoms with Crippen LogP contribution in [0.5, 0.6) is 0 Å². The van der Waals surface area contributed by atoms with Gasteiger partial charge >= 0.3 is 0 Å². The van der Waals surface area contributed by atoms with Gasteiger partial charge in [-0.1, -0.05) is 26.7 Å². The van der Waals surface area contributed by atoms with Crippen LogP contribution in [-0.2, 0) is 4.79 Å². The van der Waals surface area contributed by atoms with Crippen molar-refractivity contribution >= 4 is 11.9 Å². The van der Waals surface area contributed by atoms with Crippen LogP contribution in [0.1, 0.15) is 39.5 Å². The van der Waals surface area contributed by atoms with Crippen molar-refractivity contribution in [1.29, 1.82) is 0 Å². The zero-order valence-corrected chi connectivity index (χ0v) is 14.4. The van der Waals surface area contributed by atoms with Gasteiger partial charge in [0.2, 0.25) is 5.91 Å². The summed E-state index contributed by atoms with van der Waals surface area (Å²) < 4.78 is 0. The highest BCUT2D eigenvalue weighted by Crippen LogP contribution is 2.28. The van der Waals surface area contributed by atoms with Gasteiger partial charge in [-0.05, 0) is 18.3 Å². The normalized spacial score (nSPS) is 19.2. The molecule has 1 amide bonds. The molecule has 1 aliphatic rings. The predicted octanol–water partition coefficient (Wildman–Crippen LogP) is 1.80. The molecule has 0 aliphatic carbocycles. The average molecular weight is 296 g/mol. The van der Waals surface area contributed by atoms with Crippen LogP contribution < -0.4 is 5.32 Å². The molecule has 1 heterocycles. The van der Waals surface area contributed by atoms with Gasteiger partial charge in [0.1, 0.15) is 0 Å². The first-order valence-electron chi connectivity index (χ1n) is 8.19. The molecule has 0 bridgehead atoms. The number of guanidine groups is 1. The molecule has 0 aromatic rings. The van der Waals surface area contributed by atoms with Gasteiger partial charge in [0.25, 0.3) is 0 Å². The van der Waals surface area contributed by atoms with E-state index >= 15 is 0 Å². The molecular formula is C16H32N4O. The quantitative estimate of drug-likeness (QED) is 0.600. The molecule has 5 nitrogen and oxygen atoms in total. The van der Waals surface area contributed by atoms with E-state index in [9.17, 15) is 4.79 Å². The van der Waals surface area contributed by atoms with Crippen LogP contribution in [0.3, 0.4) is 0 Å². The second-order valence-electron chi connectivity index (χ2n) is 6.08. The zero-order valence-electron chi connectivity index (χ0n) is 14.4. The van der Waals surface area contributed by atoms with E-state index in [2.05, 4.69) is 29.1 Å². The number of rotatable bonds is 6. The van der Waals surface area contributed by atoms with Crippen LogP contribution in [0, 0.1) is 11.8 Å². The standard InChI is InChI=1S/C16H32N4O/c1-6-13(7-2)14-9-11-20(12-14)16(17-3)18-10-8-15(21)19(4)5/h13-14H,6-12H2,1-5H3,(H,17,18). The minimum atomic E-state index is 0.147. The molecule has 122 valence electrons. The minimum Gasteiger partial charge on any atom is -0.356 e. The molecule has 1 fully saturated rings. The predicted molar refractivity (Wildman–Crippen MR) is 88.4 cm³/mol. The molecule has 0 radical (unpaired) electrons. The van der Waals surface area contributed by atoms with E-state index in [4.69, 9.17) is 0 Å². The summed E-state index contributed by atoms with van der Waals surface area (Å²) in [7, 11) is 5.40. The Balaban J connectivity index is 2.42. The van der Waals surface area contributed by atoms with Crippen molar-refractivity contribution in [2.45, 2.75) is 39.5 Å². The second-order valence-corrected chi connectivity index (χ2v) is 6.08. The van der Waals surface area contributed by atoms with Crippen molar-refractivity contribution in [3.63, 3.8) is 0 Å². The molecule has 1 saturated heterocycles. The first kappa shape index (κ1) is 17.8. The number of likely N-dealkylation sites (tertiary alicyclic amines) is 1.